The molecule has 0 fully saturated rings. The smallest absolute Gasteiger partial charge is 0.0586 e. The molecule has 0 unspecified atom stereocenters. The number of para-hydroxylation sites is 1. The van der Waals surface area contributed by atoms with Crippen molar-refractivity contribution in [2.75, 3.05) is 5.32 Å². The molecule has 96 valence electrons. The first kappa shape index (κ1) is 13.1. The Kier molecular flexibility index (Phi) is 5.43. The van der Waals surface area contributed by atoms with Crippen molar-refractivity contribution >= 4 is 11.9 Å². The fourth-order valence-electron chi connectivity index (χ4n) is 1.67. The summed E-state index contributed by atoms with van der Waals surface area (Å²) in [6.07, 6.45) is 18.1. The number of rotatable bonds is 5. The minimum atomic E-state index is 1.04. The van der Waals surface area contributed by atoms with Crippen molar-refractivity contribution in [3.63, 3.8) is 0 Å². The molecule has 1 aromatic carbocycles. The summed E-state index contributed by atoms with van der Waals surface area (Å²) in [5.41, 5.74) is 2.13. The molecule has 2 rings (SSSR count). The fraction of sp³-hybridized carbons (Fsp3) is 0.118. The van der Waals surface area contributed by atoms with Crippen LogP contribution in [-0.4, -0.2) is 6.21 Å². The Morgan fingerprint density at radius 3 is 2.68 bits per heavy atom. The Bertz CT molecular complexity index is 519. The lowest BCUT2D eigenvalue weighted by molar-refractivity contribution is 1.01. The van der Waals surface area contributed by atoms with E-state index >= 15 is 0 Å². The summed E-state index contributed by atoms with van der Waals surface area (Å²) in [6, 6.07) is 10.1. The Morgan fingerprint density at radius 2 is 1.89 bits per heavy atom. The monoisotopic (exact) mass is 250 g/mol. The number of benzene rings is 1. The zero-order chi connectivity index (χ0) is 13.2. The zero-order valence-electron chi connectivity index (χ0n) is 10.9. The minimum Gasteiger partial charge on any atom is -0.362 e. The van der Waals surface area contributed by atoms with Crippen molar-refractivity contribution in [3.05, 3.63) is 78.7 Å². The summed E-state index contributed by atoms with van der Waals surface area (Å²) in [5, 5.41) is 3.19. The highest BCUT2D eigenvalue weighted by Gasteiger charge is 1.91. The van der Waals surface area contributed by atoms with E-state index in [1.54, 1.807) is 0 Å². The second kappa shape index (κ2) is 7.88. The summed E-state index contributed by atoms with van der Waals surface area (Å²) >= 11 is 0. The summed E-state index contributed by atoms with van der Waals surface area (Å²) in [7, 11) is 0. The lowest BCUT2D eigenvalue weighted by Crippen LogP contribution is -1.84. The maximum absolute atomic E-state index is 4.35. The quantitative estimate of drug-likeness (QED) is 0.605. The van der Waals surface area contributed by atoms with Crippen molar-refractivity contribution in [2.45, 2.75) is 12.8 Å². The summed E-state index contributed by atoms with van der Waals surface area (Å²) in [5.74, 6) is 0. The average Bonchev–Trinajstić information content (AvgIpc) is 2.48. The third-order valence-electron chi connectivity index (χ3n) is 2.63. The largest absolute Gasteiger partial charge is 0.362 e. The standard InChI is InChI=1S/C17H18N2/c1-4-10-16(11-5-1)18-14-8-3-9-15-19-17-12-6-2-7-13-17/h1,3-6,8-15,18H,2,7H2/b9-3+,14-8+,19-15?. The molecule has 0 atom stereocenters. The maximum Gasteiger partial charge on any atom is 0.0586 e. The second-order valence-corrected chi connectivity index (χ2v) is 4.14. The van der Waals surface area contributed by atoms with Gasteiger partial charge in [-0.25, -0.2) is 0 Å². The van der Waals surface area contributed by atoms with Crippen LogP contribution in [0, 0.1) is 0 Å². The predicted octanol–water partition coefficient (Wildman–Crippen LogP) is 4.47. The van der Waals surface area contributed by atoms with Crippen LogP contribution in [0.15, 0.2) is 83.7 Å². The Balaban J connectivity index is 1.73. The first-order chi connectivity index (χ1) is 9.45. The summed E-state index contributed by atoms with van der Waals surface area (Å²) < 4.78 is 0. The van der Waals surface area contributed by atoms with Crippen LogP contribution in [0.5, 0.6) is 0 Å². The van der Waals surface area contributed by atoms with E-state index in [0.717, 1.165) is 24.2 Å². The summed E-state index contributed by atoms with van der Waals surface area (Å²) in [4.78, 5) is 4.35. The van der Waals surface area contributed by atoms with Crippen LogP contribution in [0.3, 0.4) is 0 Å². The molecule has 0 amide bonds. The molecular formula is C17H18N2. The van der Waals surface area contributed by atoms with Gasteiger partial charge in [0.2, 0.25) is 0 Å². The van der Waals surface area contributed by atoms with E-state index in [2.05, 4.69) is 28.5 Å². The van der Waals surface area contributed by atoms with Gasteiger partial charge in [0.05, 0.1) is 5.70 Å². The number of hydrogen-bond donors (Lipinski definition) is 1. The number of aliphatic imine (C=N–C) groups is 1. The van der Waals surface area contributed by atoms with Crippen molar-refractivity contribution < 1.29 is 0 Å². The normalized spacial score (nSPS) is 15.5. The molecule has 1 aliphatic rings. The van der Waals surface area contributed by atoms with Crippen LogP contribution in [0.2, 0.25) is 0 Å². The van der Waals surface area contributed by atoms with Gasteiger partial charge in [-0.2, -0.15) is 0 Å². The van der Waals surface area contributed by atoms with Crippen LogP contribution in [0.25, 0.3) is 0 Å². The van der Waals surface area contributed by atoms with Crippen molar-refractivity contribution in [1.82, 2.24) is 0 Å². The highest BCUT2D eigenvalue weighted by atomic mass is 14.8. The van der Waals surface area contributed by atoms with E-state index in [1.165, 1.54) is 0 Å². The molecule has 2 nitrogen and oxygen atoms in total. The van der Waals surface area contributed by atoms with Crippen LogP contribution >= 0.6 is 0 Å². The molecule has 0 saturated heterocycles. The molecule has 1 aromatic rings. The minimum absolute atomic E-state index is 1.04. The van der Waals surface area contributed by atoms with Crippen LogP contribution in [0.4, 0.5) is 5.69 Å². The number of hydrogen-bond acceptors (Lipinski definition) is 2. The van der Waals surface area contributed by atoms with Crippen LogP contribution < -0.4 is 5.32 Å². The van der Waals surface area contributed by atoms with Gasteiger partial charge in [-0.3, -0.25) is 4.99 Å². The Morgan fingerprint density at radius 1 is 1.00 bits per heavy atom. The number of allylic oxidation sites excluding steroid dienone is 6. The molecule has 0 aliphatic heterocycles. The lowest BCUT2D eigenvalue weighted by atomic mass is 10.1. The van der Waals surface area contributed by atoms with Gasteiger partial charge in [0, 0.05) is 18.1 Å². The fourth-order valence-corrected chi connectivity index (χ4v) is 1.67. The van der Waals surface area contributed by atoms with E-state index < -0.39 is 0 Å². The molecular weight excluding hydrogens is 232 g/mol. The van der Waals surface area contributed by atoms with Crippen molar-refractivity contribution in [2.24, 2.45) is 4.99 Å². The van der Waals surface area contributed by atoms with E-state index in [-0.39, 0.29) is 0 Å². The molecule has 19 heavy (non-hydrogen) atoms. The topological polar surface area (TPSA) is 24.4 Å². The Hall–Kier alpha value is -2.35. The SMILES string of the molecule is C1=CC(N=C/C=C/C=C/Nc2ccccc2)=CCC1. The maximum atomic E-state index is 4.35. The van der Waals surface area contributed by atoms with Gasteiger partial charge in [-0.05, 0) is 43.2 Å². The van der Waals surface area contributed by atoms with Gasteiger partial charge in [-0.1, -0.05) is 36.4 Å². The molecule has 0 bridgehead atoms. The lowest BCUT2D eigenvalue weighted by Gasteiger charge is -1.98. The molecule has 0 saturated carbocycles. The van der Waals surface area contributed by atoms with Gasteiger partial charge < -0.3 is 5.32 Å². The molecule has 0 aromatic heterocycles. The van der Waals surface area contributed by atoms with Crippen molar-refractivity contribution in [3.8, 4) is 0 Å². The third-order valence-corrected chi connectivity index (χ3v) is 2.63. The summed E-state index contributed by atoms with van der Waals surface area (Å²) in [6.45, 7) is 0. The Labute approximate surface area is 114 Å². The second-order valence-electron chi connectivity index (χ2n) is 4.14. The molecule has 0 spiro atoms. The third kappa shape index (κ3) is 5.21. The highest BCUT2D eigenvalue weighted by Crippen LogP contribution is 2.09. The zero-order valence-corrected chi connectivity index (χ0v) is 10.9. The van der Waals surface area contributed by atoms with E-state index in [4.69, 9.17) is 0 Å². The van der Waals surface area contributed by atoms with E-state index in [1.807, 2.05) is 61.0 Å². The van der Waals surface area contributed by atoms with Gasteiger partial charge in [0.15, 0.2) is 0 Å². The number of nitrogens with one attached hydrogen (secondary N) is 1. The van der Waals surface area contributed by atoms with E-state index in [9.17, 15) is 0 Å². The van der Waals surface area contributed by atoms with Crippen LogP contribution in [-0.2, 0) is 0 Å². The van der Waals surface area contributed by atoms with Gasteiger partial charge in [0.25, 0.3) is 0 Å². The van der Waals surface area contributed by atoms with Gasteiger partial charge in [0.1, 0.15) is 0 Å². The predicted molar refractivity (Wildman–Crippen MR) is 83.3 cm³/mol. The number of nitrogens with zero attached hydrogens (tertiary/aromatic N) is 1. The van der Waals surface area contributed by atoms with E-state index in [0.29, 0.717) is 0 Å². The molecule has 2 heteroatoms. The average molecular weight is 250 g/mol. The first-order valence-corrected chi connectivity index (χ1v) is 6.49. The molecule has 1 N–H and O–H groups in total. The molecule has 0 heterocycles. The van der Waals surface area contributed by atoms with Crippen molar-refractivity contribution in [1.29, 1.82) is 0 Å². The van der Waals surface area contributed by atoms with Gasteiger partial charge >= 0.3 is 0 Å². The van der Waals surface area contributed by atoms with Gasteiger partial charge in [-0.15, -0.1) is 0 Å². The molecule has 1 aliphatic carbocycles. The molecule has 0 radical (unpaired) electrons. The highest BCUT2D eigenvalue weighted by molar-refractivity contribution is 5.73. The number of anilines is 1. The van der Waals surface area contributed by atoms with Crippen LogP contribution in [0.1, 0.15) is 12.8 Å². The first-order valence-electron chi connectivity index (χ1n) is 6.49.